The van der Waals surface area contributed by atoms with Crippen molar-refractivity contribution in [3.05, 3.63) is 0 Å². The first-order chi connectivity index (χ1) is 4.58. The van der Waals surface area contributed by atoms with Gasteiger partial charge in [0.2, 0.25) is 0 Å². The zero-order chi connectivity index (χ0) is 7.78. The lowest BCUT2D eigenvalue weighted by atomic mass is 10.1. The third-order valence-corrected chi connectivity index (χ3v) is 4.58. The molecule has 10 heavy (non-hydrogen) atoms. The molecule has 1 saturated heterocycles. The van der Waals surface area contributed by atoms with E-state index in [2.05, 4.69) is 0 Å². The summed E-state index contributed by atoms with van der Waals surface area (Å²) in [5.41, 5.74) is 5.34. The monoisotopic (exact) mass is 163 g/mol. The van der Waals surface area contributed by atoms with Crippen molar-refractivity contribution in [2.24, 2.45) is 11.7 Å². The minimum atomic E-state index is -2.71. The number of rotatable bonds is 2. The van der Waals surface area contributed by atoms with Crippen LogP contribution in [0.1, 0.15) is 13.3 Å². The minimum Gasteiger partial charge on any atom is -0.330 e. The molecule has 2 N–H and O–H groups in total. The Morgan fingerprint density at radius 1 is 1.70 bits per heavy atom. The molecule has 1 aliphatic rings. The van der Waals surface area contributed by atoms with Crippen molar-refractivity contribution in [3.63, 3.8) is 0 Å². The lowest BCUT2D eigenvalue weighted by Gasteiger charge is -2.30. The largest absolute Gasteiger partial charge is 0.330 e. The van der Waals surface area contributed by atoms with Gasteiger partial charge in [0.1, 0.15) is 0 Å². The molecule has 0 aromatic heterocycles. The van der Waals surface area contributed by atoms with Gasteiger partial charge in [-0.25, -0.2) is 8.42 Å². The van der Waals surface area contributed by atoms with Gasteiger partial charge in [0.05, 0.1) is 11.0 Å². The van der Waals surface area contributed by atoms with Crippen LogP contribution in [0.3, 0.4) is 0 Å². The number of hydrogen-bond donors (Lipinski definition) is 1. The maximum atomic E-state index is 11.0. The second-order valence-corrected chi connectivity index (χ2v) is 5.25. The van der Waals surface area contributed by atoms with E-state index >= 15 is 0 Å². The predicted molar refractivity (Wildman–Crippen MR) is 40.4 cm³/mol. The molecule has 1 heterocycles. The van der Waals surface area contributed by atoms with Gasteiger partial charge in [-0.2, -0.15) is 0 Å². The van der Waals surface area contributed by atoms with E-state index in [-0.39, 0.29) is 11.2 Å². The standard InChI is InChI=1S/C6H13NO2S/c1-5(4-7)6-2-3-10(6,8)9/h5-6H,2-4,7H2,1H3. The Morgan fingerprint density at radius 3 is 2.40 bits per heavy atom. The van der Waals surface area contributed by atoms with E-state index in [1.165, 1.54) is 0 Å². The topological polar surface area (TPSA) is 60.2 Å². The molecule has 4 heteroatoms. The van der Waals surface area contributed by atoms with Gasteiger partial charge in [0, 0.05) is 0 Å². The van der Waals surface area contributed by atoms with E-state index in [0.717, 1.165) is 6.42 Å². The van der Waals surface area contributed by atoms with Crippen LogP contribution in [0.4, 0.5) is 0 Å². The second-order valence-electron chi connectivity index (χ2n) is 2.91. The smallest absolute Gasteiger partial charge is 0.153 e. The summed E-state index contributed by atoms with van der Waals surface area (Å²) in [6.07, 6.45) is 0.806. The Kier molecular flexibility index (Phi) is 2.01. The molecule has 0 aromatic rings. The maximum Gasteiger partial charge on any atom is 0.153 e. The molecular formula is C6H13NO2S. The summed E-state index contributed by atoms with van der Waals surface area (Å²) in [4.78, 5) is 0. The van der Waals surface area contributed by atoms with Crippen LogP contribution in [0.2, 0.25) is 0 Å². The molecule has 1 rings (SSSR count). The Morgan fingerprint density at radius 2 is 2.30 bits per heavy atom. The fourth-order valence-corrected chi connectivity index (χ4v) is 2.95. The van der Waals surface area contributed by atoms with Gasteiger partial charge >= 0.3 is 0 Å². The molecule has 0 radical (unpaired) electrons. The highest BCUT2D eigenvalue weighted by Crippen LogP contribution is 2.26. The summed E-state index contributed by atoms with van der Waals surface area (Å²) in [5.74, 6) is 0.501. The second kappa shape index (κ2) is 2.51. The van der Waals surface area contributed by atoms with E-state index in [1.807, 2.05) is 6.92 Å². The van der Waals surface area contributed by atoms with Crippen LogP contribution in [0, 0.1) is 5.92 Å². The molecule has 60 valence electrons. The van der Waals surface area contributed by atoms with Crippen LogP contribution in [-0.2, 0) is 9.84 Å². The molecule has 0 aromatic carbocycles. The Hall–Kier alpha value is -0.0900. The van der Waals surface area contributed by atoms with Crippen LogP contribution in [-0.4, -0.2) is 26.0 Å². The average molecular weight is 163 g/mol. The van der Waals surface area contributed by atoms with Gasteiger partial charge in [-0.05, 0) is 18.9 Å². The summed E-state index contributed by atoms with van der Waals surface area (Å²) in [5, 5.41) is -0.141. The van der Waals surface area contributed by atoms with Crippen LogP contribution >= 0.6 is 0 Å². The van der Waals surface area contributed by atoms with Gasteiger partial charge in [-0.3, -0.25) is 0 Å². The quantitative estimate of drug-likeness (QED) is 0.611. The van der Waals surface area contributed by atoms with Crippen molar-refractivity contribution in [2.75, 3.05) is 12.3 Å². The Bertz CT molecular complexity index is 210. The third kappa shape index (κ3) is 1.18. The third-order valence-electron chi connectivity index (χ3n) is 2.15. The molecule has 0 bridgehead atoms. The minimum absolute atomic E-state index is 0.138. The molecule has 2 unspecified atom stereocenters. The Balaban J connectivity index is 2.60. The molecule has 1 aliphatic heterocycles. The number of sulfone groups is 1. The van der Waals surface area contributed by atoms with Crippen molar-refractivity contribution in [3.8, 4) is 0 Å². The lowest BCUT2D eigenvalue weighted by molar-refractivity contribution is 0.469. The van der Waals surface area contributed by atoms with E-state index in [1.54, 1.807) is 0 Å². The van der Waals surface area contributed by atoms with Crippen molar-refractivity contribution < 1.29 is 8.42 Å². The molecule has 0 aliphatic carbocycles. The molecule has 1 fully saturated rings. The van der Waals surface area contributed by atoms with Crippen LogP contribution < -0.4 is 5.73 Å². The fraction of sp³-hybridized carbons (Fsp3) is 1.00. The van der Waals surface area contributed by atoms with Gasteiger partial charge < -0.3 is 5.73 Å². The predicted octanol–water partition coefficient (Wildman–Crippen LogP) is -0.232. The zero-order valence-electron chi connectivity index (χ0n) is 6.08. The summed E-state index contributed by atoms with van der Waals surface area (Å²) >= 11 is 0. The van der Waals surface area contributed by atoms with Crippen molar-refractivity contribution in [1.82, 2.24) is 0 Å². The van der Waals surface area contributed by atoms with Gasteiger partial charge in [0.25, 0.3) is 0 Å². The molecule has 0 saturated carbocycles. The summed E-state index contributed by atoms with van der Waals surface area (Å²) in [7, 11) is -2.71. The molecular weight excluding hydrogens is 150 g/mol. The SMILES string of the molecule is CC(CN)C1CCS1(=O)=O. The van der Waals surface area contributed by atoms with Gasteiger partial charge in [0.15, 0.2) is 9.84 Å². The number of nitrogens with two attached hydrogens (primary N) is 1. The summed E-state index contributed by atoms with van der Waals surface area (Å²) < 4.78 is 21.9. The van der Waals surface area contributed by atoms with Crippen molar-refractivity contribution in [2.45, 2.75) is 18.6 Å². The highest BCUT2D eigenvalue weighted by molar-refractivity contribution is 7.93. The van der Waals surface area contributed by atoms with Crippen LogP contribution in [0.5, 0.6) is 0 Å². The summed E-state index contributed by atoms with van der Waals surface area (Å²) in [6.45, 7) is 2.37. The van der Waals surface area contributed by atoms with Crippen molar-refractivity contribution in [1.29, 1.82) is 0 Å². The van der Waals surface area contributed by atoms with Crippen LogP contribution in [0.25, 0.3) is 0 Å². The Labute approximate surface area is 61.5 Å². The van der Waals surface area contributed by atoms with Crippen LogP contribution in [0.15, 0.2) is 0 Å². The van der Waals surface area contributed by atoms with Crippen molar-refractivity contribution >= 4 is 9.84 Å². The summed E-state index contributed by atoms with van der Waals surface area (Å²) in [6, 6.07) is 0. The first-order valence-electron chi connectivity index (χ1n) is 3.49. The highest BCUT2D eigenvalue weighted by Gasteiger charge is 2.38. The normalized spacial score (nSPS) is 32.8. The lowest BCUT2D eigenvalue weighted by Crippen LogP contribution is -2.43. The number of hydrogen-bond acceptors (Lipinski definition) is 3. The van der Waals surface area contributed by atoms with E-state index < -0.39 is 9.84 Å². The van der Waals surface area contributed by atoms with Gasteiger partial charge in [-0.15, -0.1) is 0 Å². The zero-order valence-corrected chi connectivity index (χ0v) is 6.89. The first kappa shape index (κ1) is 8.01. The maximum absolute atomic E-state index is 11.0. The molecule has 0 amide bonds. The van der Waals surface area contributed by atoms with E-state index in [9.17, 15) is 8.42 Å². The van der Waals surface area contributed by atoms with E-state index in [4.69, 9.17) is 5.73 Å². The molecule has 3 nitrogen and oxygen atoms in total. The first-order valence-corrected chi connectivity index (χ1v) is 5.21. The average Bonchev–Trinajstić information content (AvgIpc) is 1.86. The fourth-order valence-electron chi connectivity index (χ4n) is 1.24. The molecule has 2 atom stereocenters. The molecule has 0 spiro atoms. The van der Waals surface area contributed by atoms with E-state index in [0.29, 0.717) is 12.3 Å². The highest BCUT2D eigenvalue weighted by atomic mass is 32.2. The van der Waals surface area contributed by atoms with Gasteiger partial charge in [-0.1, -0.05) is 6.92 Å².